The van der Waals surface area contributed by atoms with Crippen molar-refractivity contribution in [3.8, 4) is 0 Å². The number of hydrogen-bond acceptors (Lipinski definition) is 4. The fourth-order valence-corrected chi connectivity index (χ4v) is 2.31. The van der Waals surface area contributed by atoms with Crippen molar-refractivity contribution in [3.63, 3.8) is 0 Å². The molecule has 0 saturated carbocycles. The van der Waals surface area contributed by atoms with Crippen molar-refractivity contribution in [1.29, 1.82) is 0 Å². The molecule has 2 rings (SSSR count). The number of aromatic nitrogens is 1. The van der Waals surface area contributed by atoms with E-state index in [1.807, 2.05) is 6.20 Å². The van der Waals surface area contributed by atoms with Crippen LogP contribution in [0.5, 0.6) is 0 Å². The van der Waals surface area contributed by atoms with Gasteiger partial charge in [0.15, 0.2) is 5.13 Å². The van der Waals surface area contributed by atoms with E-state index in [9.17, 15) is 0 Å². The van der Waals surface area contributed by atoms with Gasteiger partial charge in [-0.1, -0.05) is 0 Å². The van der Waals surface area contributed by atoms with Gasteiger partial charge in [-0.3, -0.25) is 0 Å². The van der Waals surface area contributed by atoms with Gasteiger partial charge in [0.05, 0.1) is 6.61 Å². The Hall–Kier alpha value is -0.610. The summed E-state index contributed by atoms with van der Waals surface area (Å²) in [6, 6.07) is 0. The minimum atomic E-state index is 0.660. The van der Waals surface area contributed by atoms with Crippen molar-refractivity contribution in [1.82, 2.24) is 4.98 Å². The second-order valence-corrected chi connectivity index (χ2v) is 4.97. The highest BCUT2D eigenvalue weighted by molar-refractivity contribution is 7.15. The van der Waals surface area contributed by atoms with Crippen molar-refractivity contribution in [3.05, 3.63) is 11.1 Å². The van der Waals surface area contributed by atoms with Crippen molar-refractivity contribution in [2.75, 3.05) is 25.1 Å². The van der Waals surface area contributed by atoms with Gasteiger partial charge in [0.25, 0.3) is 0 Å². The molecule has 78 valence electrons. The molecule has 1 aromatic heterocycles. The summed E-state index contributed by atoms with van der Waals surface area (Å²) in [6.07, 6.45) is 4.38. The number of nitrogens with one attached hydrogen (secondary N) is 1. The quantitative estimate of drug-likeness (QED) is 0.834. The largest absolute Gasteiger partial charge is 0.381 e. The number of rotatable bonds is 3. The Bertz CT molecular complexity index is 281. The molecule has 0 spiro atoms. The van der Waals surface area contributed by atoms with Gasteiger partial charge in [-0.25, -0.2) is 4.98 Å². The van der Waals surface area contributed by atoms with Crippen LogP contribution in [0.2, 0.25) is 0 Å². The molecule has 0 aromatic carbocycles. The molecular formula is C10H16N2OS. The lowest BCUT2D eigenvalue weighted by Crippen LogP contribution is -2.24. The van der Waals surface area contributed by atoms with E-state index >= 15 is 0 Å². The lowest BCUT2D eigenvalue weighted by atomic mass is 10.0. The fraction of sp³-hybridized carbons (Fsp3) is 0.700. The maximum Gasteiger partial charge on any atom is 0.182 e. The molecule has 1 atom stereocenters. The molecule has 14 heavy (non-hydrogen) atoms. The normalized spacial score (nSPS) is 22.2. The van der Waals surface area contributed by atoms with Crippen LogP contribution in [0.15, 0.2) is 6.20 Å². The highest BCUT2D eigenvalue weighted by Gasteiger charge is 2.13. The van der Waals surface area contributed by atoms with Crippen LogP contribution >= 0.6 is 11.3 Å². The van der Waals surface area contributed by atoms with E-state index in [-0.39, 0.29) is 0 Å². The zero-order valence-electron chi connectivity index (χ0n) is 8.45. The Morgan fingerprint density at radius 1 is 1.71 bits per heavy atom. The highest BCUT2D eigenvalue weighted by Crippen LogP contribution is 2.19. The van der Waals surface area contributed by atoms with Crippen LogP contribution in [0.25, 0.3) is 0 Å². The Labute approximate surface area is 88.5 Å². The molecule has 4 heteroatoms. The molecule has 1 N–H and O–H groups in total. The highest BCUT2D eigenvalue weighted by atomic mass is 32.1. The van der Waals surface area contributed by atoms with Gasteiger partial charge in [0, 0.05) is 24.2 Å². The maximum absolute atomic E-state index is 5.42. The van der Waals surface area contributed by atoms with Crippen molar-refractivity contribution in [2.24, 2.45) is 5.92 Å². The van der Waals surface area contributed by atoms with E-state index in [4.69, 9.17) is 4.74 Å². The Balaban J connectivity index is 1.76. The molecule has 0 bridgehead atoms. The average molecular weight is 212 g/mol. The first-order valence-electron chi connectivity index (χ1n) is 5.08. The number of aryl methyl sites for hydroxylation is 1. The molecule has 0 amide bonds. The van der Waals surface area contributed by atoms with Crippen LogP contribution in [-0.4, -0.2) is 24.7 Å². The van der Waals surface area contributed by atoms with E-state index in [1.54, 1.807) is 11.3 Å². The molecule has 0 radical (unpaired) electrons. The second kappa shape index (κ2) is 4.75. The summed E-state index contributed by atoms with van der Waals surface area (Å²) in [4.78, 5) is 5.52. The molecule has 1 aliphatic rings. The summed E-state index contributed by atoms with van der Waals surface area (Å²) in [5.74, 6) is 0.660. The lowest BCUT2D eigenvalue weighted by Gasteiger charge is -2.21. The smallest absolute Gasteiger partial charge is 0.182 e. The molecule has 1 unspecified atom stereocenters. The van der Waals surface area contributed by atoms with E-state index in [0.717, 1.165) is 24.9 Å². The number of ether oxygens (including phenoxy) is 1. The molecule has 1 fully saturated rings. The number of anilines is 1. The molecule has 1 saturated heterocycles. The average Bonchev–Trinajstić information content (AvgIpc) is 2.63. The van der Waals surface area contributed by atoms with Crippen LogP contribution in [-0.2, 0) is 4.74 Å². The first-order chi connectivity index (χ1) is 6.84. The first-order valence-corrected chi connectivity index (χ1v) is 5.90. The molecule has 3 nitrogen and oxygen atoms in total. The van der Waals surface area contributed by atoms with Crippen LogP contribution < -0.4 is 5.32 Å². The van der Waals surface area contributed by atoms with Crippen molar-refractivity contribution in [2.45, 2.75) is 19.8 Å². The van der Waals surface area contributed by atoms with Crippen LogP contribution in [0.1, 0.15) is 17.7 Å². The van der Waals surface area contributed by atoms with Crippen LogP contribution in [0.4, 0.5) is 5.13 Å². The molecule has 2 heterocycles. The van der Waals surface area contributed by atoms with Gasteiger partial charge in [-0.2, -0.15) is 0 Å². The minimum Gasteiger partial charge on any atom is -0.381 e. The van der Waals surface area contributed by atoms with Gasteiger partial charge >= 0.3 is 0 Å². The summed E-state index contributed by atoms with van der Waals surface area (Å²) in [5.41, 5.74) is 0. The third-order valence-electron chi connectivity index (χ3n) is 2.42. The predicted octanol–water partition coefficient (Wildman–Crippen LogP) is 2.29. The molecule has 1 aliphatic heterocycles. The van der Waals surface area contributed by atoms with Crippen molar-refractivity contribution < 1.29 is 4.74 Å². The van der Waals surface area contributed by atoms with Gasteiger partial charge in [-0.15, -0.1) is 11.3 Å². The molecule has 1 aromatic rings. The van der Waals surface area contributed by atoms with Gasteiger partial charge in [0.2, 0.25) is 0 Å². The maximum atomic E-state index is 5.42. The van der Waals surface area contributed by atoms with E-state index in [2.05, 4.69) is 17.2 Å². The Kier molecular flexibility index (Phi) is 3.37. The van der Waals surface area contributed by atoms with Crippen LogP contribution in [0.3, 0.4) is 0 Å². The van der Waals surface area contributed by atoms with Gasteiger partial charge in [0.1, 0.15) is 0 Å². The monoisotopic (exact) mass is 212 g/mol. The zero-order chi connectivity index (χ0) is 9.80. The van der Waals surface area contributed by atoms with Gasteiger partial charge in [-0.05, 0) is 25.7 Å². The predicted molar refractivity (Wildman–Crippen MR) is 58.9 cm³/mol. The SMILES string of the molecule is Cc1cnc(NCC2CCCOC2)s1. The van der Waals surface area contributed by atoms with Gasteiger partial charge < -0.3 is 10.1 Å². The minimum absolute atomic E-state index is 0.660. The van der Waals surface area contributed by atoms with E-state index in [0.29, 0.717) is 5.92 Å². The van der Waals surface area contributed by atoms with Crippen molar-refractivity contribution >= 4 is 16.5 Å². The lowest BCUT2D eigenvalue weighted by molar-refractivity contribution is 0.0595. The standard InChI is InChI=1S/C10H16N2OS/c1-8-5-11-10(14-8)12-6-9-3-2-4-13-7-9/h5,9H,2-4,6-7H2,1H3,(H,11,12). The summed E-state index contributed by atoms with van der Waals surface area (Å²) in [7, 11) is 0. The molecular weight excluding hydrogens is 196 g/mol. The Morgan fingerprint density at radius 3 is 3.29 bits per heavy atom. The summed E-state index contributed by atoms with van der Waals surface area (Å²) < 4.78 is 5.42. The fourth-order valence-electron chi connectivity index (χ4n) is 1.64. The third-order valence-corrected chi connectivity index (χ3v) is 3.29. The summed E-state index contributed by atoms with van der Waals surface area (Å²) >= 11 is 1.71. The third kappa shape index (κ3) is 2.69. The molecule has 0 aliphatic carbocycles. The van der Waals surface area contributed by atoms with Crippen LogP contribution in [0, 0.1) is 12.8 Å². The Morgan fingerprint density at radius 2 is 2.64 bits per heavy atom. The summed E-state index contributed by atoms with van der Waals surface area (Å²) in [5, 5.41) is 4.40. The topological polar surface area (TPSA) is 34.2 Å². The second-order valence-electron chi connectivity index (χ2n) is 3.74. The number of thiazole rings is 1. The van der Waals surface area contributed by atoms with E-state index in [1.165, 1.54) is 17.7 Å². The number of hydrogen-bond donors (Lipinski definition) is 1. The zero-order valence-corrected chi connectivity index (χ0v) is 9.27. The first kappa shape index (κ1) is 9.93. The summed E-state index contributed by atoms with van der Waals surface area (Å²) in [6.45, 7) is 4.91. The number of nitrogens with zero attached hydrogens (tertiary/aromatic N) is 1. The van der Waals surface area contributed by atoms with E-state index < -0.39 is 0 Å².